The first-order valence-electron chi connectivity index (χ1n) is 9.80. The van der Waals surface area contributed by atoms with E-state index in [-0.39, 0.29) is 11.8 Å². The minimum Gasteiger partial charge on any atom is -0.326 e. The van der Waals surface area contributed by atoms with E-state index in [2.05, 4.69) is 21.2 Å². The number of amides is 2. The van der Waals surface area contributed by atoms with E-state index in [9.17, 15) is 9.59 Å². The molecule has 1 aliphatic heterocycles. The third kappa shape index (κ3) is 6.52. The summed E-state index contributed by atoms with van der Waals surface area (Å²) in [5.74, 6) is -0.0299. The molecule has 0 saturated carbocycles. The number of nitrogens with zero attached hydrogens (tertiary/aromatic N) is 1. The molecule has 0 aliphatic carbocycles. The molecule has 2 aromatic rings. The summed E-state index contributed by atoms with van der Waals surface area (Å²) in [6, 6.07) is 15.6. The maximum absolute atomic E-state index is 12.7. The third-order valence-corrected chi connectivity index (χ3v) is 6.51. The zero-order valence-corrected chi connectivity index (χ0v) is 19.9. The Morgan fingerprint density at radius 3 is 2.67 bits per heavy atom. The first-order valence-corrected chi connectivity index (χ1v) is 11.8. The Balaban J connectivity index is 1.41. The van der Waals surface area contributed by atoms with Crippen LogP contribution in [0.25, 0.3) is 6.08 Å². The van der Waals surface area contributed by atoms with Crippen LogP contribution in [0, 0.1) is 6.92 Å². The van der Waals surface area contributed by atoms with Crippen molar-refractivity contribution in [3.05, 3.63) is 69.0 Å². The second-order valence-corrected chi connectivity index (χ2v) is 9.70. The van der Waals surface area contributed by atoms with Crippen LogP contribution in [-0.4, -0.2) is 27.6 Å². The Morgan fingerprint density at radius 2 is 1.93 bits per heavy atom. The molecule has 7 heteroatoms. The Labute approximate surface area is 195 Å². The topological polar surface area (TPSA) is 49.4 Å². The van der Waals surface area contributed by atoms with Crippen LogP contribution >= 0.6 is 39.9 Å². The molecule has 2 amide bonds. The molecule has 0 spiro atoms. The van der Waals surface area contributed by atoms with Gasteiger partial charge in [-0.25, -0.2) is 0 Å². The molecule has 2 aromatic carbocycles. The fraction of sp³-hybridized carbons (Fsp3) is 0.261. The number of thioether (sulfide) groups is 1. The molecular weight excluding hydrogens is 480 g/mol. The van der Waals surface area contributed by atoms with Gasteiger partial charge in [-0.2, -0.15) is 0 Å². The number of carbonyl (C=O) groups is 2. The number of rotatable bonds is 8. The van der Waals surface area contributed by atoms with Crippen LogP contribution < -0.4 is 5.32 Å². The van der Waals surface area contributed by atoms with Gasteiger partial charge in [-0.1, -0.05) is 82.2 Å². The Morgan fingerprint density at radius 1 is 1.17 bits per heavy atom. The summed E-state index contributed by atoms with van der Waals surface area (Å²) in [6.07, 6.45) is 4.80. The van der Waals surface area contributed by atoms with Crippen molar-refractivity contribution in [2.75, 3.05) is 11.9 Å². The molecule has 3 rings (SSSR count). The van der Waals surface area contributed by atoms with Crippen molar-refractivity contribution in [2.45, 2.75) is 32.6 Å². The lowest BCUT2D eigenvalue weighted by Gasteiger charge is -2.14. The molecule has 0 bridgehead atoms. The SMILES string of the molecule is Cc1ccc(/C=C2\SC(=S)N(CCCCCC(=O)Nc3cccc(Br)c3)C2=O)cc1. The zero-order valence-electron chi connectivity index (χ0n) is 16.7. The Hall–Kier alpha value is -1.96. The maximum atomic E-state index is 12.7. The first kappa shape index (κ1) is 22.7. The molecule has 4 nitrogen and oxygen atoms in total. The number of aryl methyl sites for hydroxylation is 1. The first-order chi connectivity index (χ1) is 14.4. The largest absolute Gasteiger partial charge is 0.326 e. The number of hydrogen-bond acceptors (Lipinski definition) is 4. The second-order valence-electron chi connectivity index (χ2n) is 7.11. The van der Waals surface area contributed by atoms with Crippen LogP contribution in [0.4, 0.5) is 5.69 Å². The number of carbonyl (C=O) groups excluding carboxylic acids is 2. The number of benzene rings is 2. The van der Waals surface area contributed by atoms with Crippen LogP contribution in [0.2, 0.25) is 0 Å². The fourth-order valence-corrected chi connectivity index (χ4v) is 4.74. The van der Waals surface area contributed by atoms with Gasteiger partial charge in [0, 0.05) is 23.1 Å². The van der Waals surface area contributed by atoms with Gasteiger partial charge in [-0.15, -0.1) is 0 Å². The number of hydrogen-bond donors (Lipinski definition) is 1. The van der Waals surface area contributed by atoms with Crippen molar-refractivity contribution >= 4 is 67.8 Å². The van der Waals surface area contributed by atoms with Crippen LogP contribution in [0.5, 0.6) is 0 Å². The molecule has 1 saturated heterocycles. The number of halogens is 1. The van der Waals surface area contributed by atoms with Crippen molar-refractivity contribution in [3.8, 4) is 0 Å². The summed E-state index contributed by atoms with van der Waals surface area (Å²) in [7, 11) is 0. The van der Waals surface area contributed by atoms with Crippen molar-refractivity contribution in [3.63, 3.8) is 0 Å². The quantitative estimate of drug-likeness (QED) is 0.266. The number of anilines is 1. The standard InChI is InChI=1S/C23H23BrN2O2S2/c1-16-9-11-17(12-10-16)14-20-22(28)26(23(29)30-20)13-4-2-3-8-21(27)25-19-7-5-6-18(24)15-19/h5-7,9-12,14-15H,2-4,8,13H2,1H3,(H,25,27)/b20-14-. The summed E-state index contributed by atoms with van der Waals surface area (Å²) in [5, 5.41) is 2.90. The highest BCUT2D eigenvalue weighted by molar-refractivity contribution is 9.10. The molecule has 156 valence electrons. The van der Waals surface area contributed by atoms with E-state index in [1.165, 1.54) is 17.3 Å². The zero-order chi connectivity index (χ0) is 21.5. The predicted molar refractivity (Wildman–Crippen MR) is 132 cm³/mol. The number of nitrogens with one attached hydrogen (secondary N) is 1. The van der Waals surface area contributed by atoms with Crippen LogP contribution in [-0.2, 0) is 9.59 Å². The van der Waals surface area contributed by atoms with Gasteiger partial charge in [0.05, 0.1) is 4.91 Å². The second kappa shape index (κ2) is 10.9. The third-order valence-electron chi connectivity index (χ3n) is 4.64. The monoisotopic (exact) mass is 502 g/mol. The molecule has 0 atom stereocenters. The van der Waals surface area contributed by atoms with E-state index in [0.29, 0.717) is 22.2 Å². The number of unbranched alkanes of at least 4 members (excludes halogenated alkanes) is 2. The van der Waals surface area contributed by atoms with Gasteiger partial charge in [-0.05, 0) is 49.6 Å². The normalized spacial score (nSPS) is 15.1. The van der Waals surface area contributed by atoms with Gasteiger partial charge >= 0.3 is 0 Å². The van der Waals surface area contributed by atoms with Gasteiger partial charge in [-0.3, -0.25) is 14.5 Å². The van der Waals surface area contributed by atoms with E-state index in [1.54, 1.807) is 4.90 Å². The highest BCUT2D eigenvalue weighted by Gasteiger charge is 2.31. The summed E-state index contributed by atoms with van der Waals surface area (Å²) < 4.78 is 1.53. The highest BCUT2D eigenvalue weighted by atomic mass is 79.9. The molecule has 0 aromatic heterocycles. The average molecular weight is 503 g/mol. The maximum Gasteiger partial charge on any atom is 0.266 e. The van der Waals surface area contributed by atoms with Crippen LogP contribution in [0.15, 0.2) is 57.9 Å². The van der Waals surface area contributed by atoms with E-state index in [1.807, 2.05) is 61.5 Å². The van der Waals surface area contributed by atoms with Crippen molar-refractivity contribution in [1.82, 2.24) is 4.90 Å². The van der Waals surface area contributed by atoms with Crippen molar-refractivity contribution < 1.29 is 9.59 Å². The van der Waals surface area contributed by atoms with Gasteiger partial charge in [0.2, 0.25) is 5.91 Å². The van der Waals surface area contributed by atoms with Gasteiger partial charge < -0.3 is 5.32 Å². The lowest BCUT2D eigenvalue weighted by molar-refractivity contribution is -0.122. The van der Waals surface area contributed by atoms with Crippen LogP contribution in [0.3, 0.4) is 0 Å². The Kier molecular flexibility index (Phi) is 8.24. The van der Waals surface area contributed by atoms with Gasteiger partial charge in [0.15, 0.2) is 0 Å². The molecule has 0 unspecified atom stereocenters. The minimum atomic E-state index is -0.0297. The molecular formula is C23H23BrN2O2S2. The van der Waals surface area contributed by atoms with E-state index < -0.39 is 0 Å². The predicted octanol–water partition coefficient (Wildman–Crippen LogP) is 6.16. The molecule has 1 heterocycles. The number of thiocarbonyl (C=S) groups is 1. The molecule has 1 N–H and O–H groups in total. The highest BCUT2D eigenvalue weighted by Crippen LogP contribution is 2.32. The minimum absolute atomic E-state index is 0.000238. The van der Waals surface area contributed by atoms with Gasteiger partial charge in [0.1, 0.15) is 4.32 Å². The van der Waals surface area contributed by atoms with E-state index in [4.69, 9.17) is 12.2 Å². The molecule has 1 fully saturated rings. The van der Waals surface area contributed by atoms with Crippen LogP contribution in [0.1, 0.15) is 36.8 Å². The summed E-state index contributed by atoms with van der Waals surface area (Å²) in [4.78, 5) is 27.1. The molecule has 0 radical (unpaired) electrons. The lowest BCUT2D eigenvalue weighted by Crippen LogP contribution is -2.29. The molecule has 30 heavy (non-hydrogen) atoms. The van der Waals surface area contributed by atoms with E-state index in [0.717, 1.165) is 35.0 Å². The van der Waals surface area contributed by atoms with E-state index >= 15 is 0 Å². The van der Waals surface area contributed by atoms with Crippen molar-refractivity contribution in [1.29, 1.82) is 0 Å². The van der Waals surface area contributed by atoms with Crippen molar-refractivity contribution in [2.24, 2.45) is 0 Å². The Bertz CT molecular complexity index is 973. The average Bonchev–Trinajstić information content (AvgIpc) is 2.96. The van der Waals surface area contributed by atoms with Gasteiger partial charge in [0.25, 0.3) is 5.91 Å². The fourth-order valence-electron chi connectivity index (χ4n) is 3.03. The smallest absolute Gasteiger partial charge is 0.266 e. The molecule has 1 aliphatic rings. The lowest BCUT2D eigenvalue weighted by atomic mass is 10.1. The summed E-state index contributed by atoms with van der Waals surface area (Å²) in [6.45, 7) is 2.62. The summed E-state index contributed by atoms with van der Waals surface area (Å²) >= 11 is 10.1. The summed E-state index contributed by atoms with van der Waals surface area (Å²) in [5.41, 5.74) is 2.97.